The number of nitro benzene ring substituents is 2. The second-order valence-corrected chi connectivity index (χ2v) is 7.67. The quantitative estimate of drug-likeness (QED) is 0.101. The highest BCUT2D eigenvalue weighted by atomic mass is 79.9. The van der Waals surface area contributed by atoms with Crippen molar-refractivity contribution in [1.29, 1.82) is 0 Å². The molecule has 0 saturated heterocycles. The van der Waals surface area contributed by atoms with Crippen LogP contribution in [-0.4, -0.2) is 15.6 Å². The topological polar surface area (TPSA) is 113 Å². The molecular weight excluding hydrogens is 544 g/mol. The minimum absolute atomic E-state index is 0.110. The Hall–Kier alpha value is -4.13. The van der Waals surface area contributed by atoms with Gasteiger partial charge in [0.2, 0.25) is 0 Å². The van der Waals surface area contributed by atoms with Gasteiger partial charge in [0.1, 0.15) is 11.6 Å². The number of carbonyl (C=O) groups excluding carboxylic acids is 1. The molecule has 8 nitrogen and oxygen atoms in total. The van der Waals surface area contributed by atoms with Crippen LogP contribution in [0.15, 0.2) is 65.1 Å². The van der Waals surface area contributed by atoms with E-state index in [0.717, 1.165) is 18.2 Å². The van der Waals surface area contributed by atoms with E-state index in [1.54, 1.807) is 0 Å². The summed E-state index contributed by atoms with van der Waals surface area (Å²) in [5.74, 6) is -2.35. The van der Waals surface area contributed by atoms with Crippen molar-refractivity contribution in [3.05, 3.63) is 108 Å². The third-order valence-corrected chi connectivity index (χ3v) is 5.14. The molecule has 13 heteroatoms. The molecule has 0 amide bonds. The van der Waals surface area contributed by atoms with Crippen LogP contribution in [-0.2, 0) is 6.18 Å². The maximum Gasteiger partial charge on any atom is 0.416 e. The van der Waals surface area contributed by atoms with Gasteiger partial charge in [0.25, 0.3) is 5.75 Å². The van der Waals surface area contributed by atoms with Gasteiger partial charge in [-0.05, 0) is 58.4 Å². The van der Waals surface area contributed by atoms with Gasteiger partial charge in [-0.2, -0.15) is 13.2 Å². The molecule has 0 radical (unpaired) electrons. The predicted molar refractivity (Wildman–Crippen MR) is 119 cm³/mol. The number of benzene rings is 3. The van der Waals surface area contributed by atoms with Gasteiger partial charge in [0, 0.05) is 23.3 Å². The molecule has 3 aromatic carbocycles. The van der Waals surface area contributed by atoms with Crippen molar-refractivity contribution in [1.82, 2.24) is 0 Å². The number of alkyl halides is 3. The lowest BCUT2D eigenvalue weighted by Gasteiger charge is -2.13. The number of nitrogens with zero attached hydrogens (tertiary/aromatic N) is 2. The number of hydrogen-bond acceptors (Lipinski definition) is 6. The first kappa shape index (κ1) is 25.5. The number of ether oxygens (including phenoxy) is 1. The number of rotatable bonds is 7. The molecule has 0 heterocycles. The lowest BCUT2D eigenvalue weighted by atomic mass is 10.1. The smallest absolute Gasteiger partial charge is 0.416 e. The zero-order valence-electron chi connectivity index (χ0n) is 17.1. The van der Waals surface area contributed by atoms with E-state index in [2.05, 4.69) is 15.9 Å². The van der Waals surface area contributed by atoms with Crippen LogP contribution in [0.25, 0.3) is 6.08 Å². The molecule has 0 atom stereocenters. The molecule has 0 aliphatic carbocycles. The van der Waals surface area contributed by atoms with Gasteiger partial charge < -0.3 is 4.74 Å². The Morgan fingerprint density at radius 3 is 2.03 bits per heavy atom. The summed E-state index contributed by atoms with van der Waals surface area (Å²) in [6.07, 6.45) is -2.78. The molecule has 0 fully saturated rings. The fraction of sp³-hybridized carbons (Fsp3) is 0.0455. The summed E-state index contributed by atoms with van der Waals surface area (Å²) in [6.45, 7) is 0. The van der Waals surface area contributed by atoms with E-state index in [-0.39, 0.29) is 33.5 Å². The monoisotopic (exact) mass is 554 g/mol. The average Bonchev–Trinajstić information content (AvgIpc) is 2.78. The highest BCUT2D eigenvalue weighted by Crippen LogP contribution is 2.46. The number of allylic oxidation sites excluding steroid dienone is 1. The maximum atomic E-state index is 13.1. The van der Waals surface area contributed by atoms with Crippen molar-refractivity contribution in [2.75, 3.05) is 0 Å². The zero-order valence-corrected chi connectivity index (χ0v) is 18.7. The molecule has 0 saturated carbocycles. The Morgan fingerprint density at radius 2 is 1.51 bits per heavy atom. The zero-order chi connectivity index (χ0) is 25.9. The van der Waals surface area contributed by atoms with Crippen LogP contribution in [0.2, 0.25) is 0 Å². The van der Waals surface area contributed by atoms with Crippen LogP contribution in [0.5, 0.6) is 11.5 Å². The molecule has 3 aromatic rings. The van der Waals surface area contributed by atoms with Gasteiger partial charge in [-0.25, -0.2) is 4.39 Å². The highest BCUT2D eigenvalue weighted by Gasteiger charge is 2.39. The molecule has 0 aliphatic heterocycles. The van der Waals surface area contributed by atoms with Crippen LogP contribution < -0.4 is 4.74 Å². The molecule has 0 N–H and O–H groups in total. The van der Waals surface area contributed by atoms with Gasteiger partial charge in [0.05, 0.1) is 19.9 Å². The van der Waals surface area contributed by atoms with E-state index in [1.165, 1.54) is 36.4 Å². The summed E-state index contributed by atoms with van der Waals surface area (Å²) in [7, 11) is 0. The van der Waals surface area contributed by atoms with Crippen LogP contribution >= 0.6 is 15.9 Å². The number of nitro groups is 2. The fourth-order valence-corrected chi connectivity index (χ4v) is 3.34. The first-order chi connectivity index (χ1) is 16.4. The van der Waals surface area contributed by atoms with E-state index < -0.39 is 50.3 Å². The average molecular weight is 555 g/mol. The summed E-state index contributed by atoms with van der Waals surface area (Å²) < 4.78 is 58.1. The molecule has 0 bridgehead atoms. The Morgan fingerprint density at radius 1 is 0.943 bits per heavy atom. The van der Waals surface area contributed by atoms with Crippen molar-refractivity contribution in [3.8, 4) is 11.5 Å². The van der Waals surface area contributed by atoms with E-state index in [1.807, 2.05) is 0 Å². The summed E-state index contributed by atoms with van der Waals surface area (Å²) in [5, 5.41) is 22.9. The van der Waals surface area contributed by atoms with E-state index in [9.17, 15) is 42.6 Å². The molecule has 3 rings (SSSR count). The van der Waals surface area contributed by atoms with Crippen molar-refractivity contribution >= 4 is 39.2 Å². The Bertz CT molecular complexity index is 1320. The summed E-state index contributed by atoms with van der Waals surface area (Å²) >= 11 is 3.13. The summed E-state index contributed by atoms with van der Waals surface area (Å²) in [4.78, 5) is 32.8. The van der Waals surface area contributed by atoms with E-state index >= 15 is 0 Å². The predicted octanol–water partition coefficient (Wildman–Crippen LogP) is 7.11. The number of para-hydroxylation sites is 1. The third kappa shape index (κ3) is 5.87. The third-order valence-electron chi connectivity index (χ3n) is 4.52. The summed E-state index contributed by atoms with van der Waals surface area (Å²) in [5.41, 5.74) is -3.90. The Labute approximate surface area is 201 Å². The lowest BCUT2D eigenvalue weighted by molar-refractivity contribution is -0.396. The molecule has 0 unspecified atom stereocenters. The standard InChI is InChI=1S/C22H11BrF4N2O6/c23-16-3-1-2-13(6-9-19(30)12-4-7-15(24)8-5-12)20(16)35-21-17(28(31)32)10-14(22(25,26)27)11-18(21)29(33)34/h1-11H/b9-6+. The minimum Gasteiger partial charge on any atom is -0.442 e. The Kier molecular flexibility index (Phi) is 7.29. The second-order valence-electron chi connectivity index (χ2n) is 6.82. The lowest BCUT2D eigenvalue weighted by Crippen LogP contribution is -2.08. The van der Waals surface area contributed by atoms with Crippen LogP contribution in [0.3, 0.4) is 0 Å². The number of halogens is 5. The number of hydrogen-bond donors (Lipinski definition) is 0. The van der Waals surface area contributed by atoms with Gasteiger partial charge >= 0.3 is 17.6 Å². The maximum absolute atomic E-state index is 13.1. The first-order valence-corrected chi connectivity index (χ1v) is 10.2. The van der Waals surface area contributed by atoms with Crippen molar-refractivity contribution in [2.24, 2.45) is 0 Å². The van der Waals surface area contributed by atoms with E-state index in [4.69, 9.17) is 4.74 Å². The molecule has 0 aliphatic rings. The molecular formula is C22H11BrF4N2O6. The minimum atomic E-state index is -5.09. The highest BCUT2D eigenvalue weighted by molar-refractivity contribution is 9.10. The molecule has 180 valence electrons. The largest absolute Gasteiger partial charge is 0.442 e. The number of ketones is 1. The van der Waals surface area contributed by atoms with Gasteiger partial charge in [-0.1, -0.05) is 12.1 Å². The van der Waals surface area contributed by atoms with Gasteiger partial charge in [-0.15, -0.1) is 0 Å². The van der Waals surface area contributed by atoms with Crippen LogP contribution in [0.1, 0.15) is 21.5 Å². The number of carbonyl (C=O) groups is 1. The van der Waals surface area contributed by atoms with Crippen LogP contribution in [0, 0.1) is 26.0 Å². The van der Waals surface area contributed by atoms with Gasteiger partial charge in [-0.3, -0.25) is 25.0 Å². The van der Waals surface area contributed by atoms with E-state index in [0.29, 0.717) is 0 Å². The molecule has 0 spiro atoms. The van der Waals surface area contributed by atoms with Crippen molar-refractivity contribution in [3.63, 3.8) is 0 Å². The fourth-order valence-electron chi connectivity index (χ4n) is 2.88. The Balaban J connectivity index is 2.09. The van der Waals surface area contributed by atoms with Crippen molar-refractivity contribution in [2.45, 2.75) is 6.18 Å². The molecule has 35 heavy (non-hydrogen) atoms. The molecule has 0 aromatic heterocycles. The SMILES string of the molecule is O=C(/C=C/c1cccc(Br)c1Oc1c([N+](=O)[O-])cc(C(F)(F)F)cc1[N+](=O)[O-])c1ccc(F)cc1. The van der Waals surface area contributed by atoms with Crippen molar-refractivity contribution < 1.29 is 36.9 Å². The normalized spacial score (nSPS) is 11.5. The van der Waals surface area contributed by atoms with Gasteiger partial charge in [0.15, 0.2) is 5.78 Å². The summed E-state index contributed by atoms with van der Waals surface area (Å²) in [6, 6.07) is 9.22. The first-order valence-electron chi connectivity index (χ1n) is 9.37. The second kappa shape index (κ2) is 10.0. The van der Waals surface area contributed by atoms with Crippen LogP contribution in [0.4, 0.5) is 28.9 Å².